The van der Waals surface area contributed by atoms with E-state index < -0.39 is 59.6 Å². The number of benzene rings is 2. The van der Waals surface area contributed by atoms with Gasteiger partial charge in [-0.2, -0.15) is 0 Å². The zero-order valence-corrected chi connectivity index (χ0v) is 27.5. The van der Waals surface area contributed by atoms with Gasteiger partial charge < -0.3 is 54.2 Å². The topological polar surface area (TPSA) is 294 Å². The van der Waals surface area contributed by atoms with Gasteiger partial charge in [0.05, 0.1) is 6.33 Å². The number of nitrogens with zero attached hydrogens (tertiary/aromatic N) is 2. The molecule has 2 heterocycles. The first-order chi connectivity index (χ1) is 24.4. The van der Waals surface area contributed by atoms with Gasteiger partial charge in [0.15, 0.2) is 5.96 Å². The van der Waals surface area contributed by atoms with Crippen LogP contribution in [0.4, 0.5) is 9.18 Å². The van der Waals surface area contributed by atoms with Gasteiger partial charge in [0.25, 0.3) is 0 Å². The second-order valence-corrected chi connectivity index (χ2v) is 11.8. The van der Waals surface area contributed by atoms with Gasteiger partial charge in [0.2, 0.25) is 23.6 Å². The van der Waals surface area contributed by atoms with Gasteiger partial charge in [-0.25, -0.2) is 14.2 Å². The van der Waals surface area contributed by atoms with Crippen molar-refractivity contribution in [3.63, 3.8) is 0 Å². The molecule has 2 aromatic heterocycles. The molecule has 51 heavy (non-hydrogen) atoms. The highest BCUT2D eigenvalue weighted by atomic mass is 19.1. The molecule has 2 aromatic carbocycles. The Labute approximate surface area is 291 Å². The molecule has 0 aliphatic heterocycles. The smallest absolute Gasteiger partial charge is 0.312 e. The van der Waals surface area contributed by atoms with Crippen molar-refractivity contribution in [1.82, 2.24) is 36.2 Å². The van der Waals surface area contributed by atoms with Crippen LogP contribution in [0.5, 0.6) is 0 Å². The van der Waals surface area contributed by atoms with Crippen LogP contribution in [0.3, 0.4) is 0 Å². The van der Waals surface area contributed by atoms with Crippen LogP contribution in [-0.2, 0) is 38.4 Å². The lowest BCUT2D eigenvalue weighted by Gasteiger charge is -2.26. The molecule has 4 rings (SSSR count). The van der Waals surface area contributed by atoms with E-state index in [-0.39, 0.29) is 44.6 Å². The molecule has 4 aromatic rings. The van der Waals surface area contributed by atoms with Crippen LogP contribution in [0.2, 0.25) is 0 Å². The summed E-state index contributed by atoms with van der Waals surface area (Å²) in [5.41, 5.74) is 24.4. The maximum Gasteiger partial charge on any atom is 0.312 e. The van der Waals surface area contributed by atoms with E-state index in [2.05, 4.69) is 41.2 Å². The number of nitrogens with two attached hydrogens (primary N) is 4. The number of H-pyrrole nitrogens is 2. The number of carbonyl (C=O) groups excluding carboxylic acids is 5. The summed E-state index contributed by atoms with van der Waals surface area (Å²) in [5.74, 6) is -3.76. The average Bonchev–Trinajstić information content (AvgIpc) is 3.75. The first-order valence-corrected chi connectivity index (χ1v) is 16.0. The van der Waals surface area contributed by atoms with Gasteiger partial charge >= 0.3 is 6.03 Å². The van der Waals surface area contributed by atoms with Crippen LogP contribution in [0.1, 0.15) is 29.7 Å². The molecule has 17 nitrogen and oxygen atoms in total. The summed E-state index contributed by atoms with van der Waals surface area (Å²) in [6.45, 7) is 0.125. The number of urea groups is 1. The zero-order valence-electron chi connectivity index (χ0n) is 27.5. The van der Waals surface area contributed by atoms with Crippen LogP contribution in [0.25, 0.3) is 10.9 Å². The number of amides is 6. The average molecular weight is 705 g/mol. The highest BCUT2D eigenvalue weighted by Gasteiger charge is 2.31. The summed E-state index contributed by atoms with van der Waals surface area (Å²) in [6, 6.07) is 6.77. The zero-order chi connectivity index (χ0) is 36.9. The summed E-state index contributed by atoms with van der Waals surface area (Å²) < 4.78 is 13.7. The Balaban J connectivity index is 1.57. The Kier molecular flexibility index (Phi) is 13.0. The van der Waals surface area contributed by atoms with Crippen molar-refractivity contribution in [2.24, 2.45) is 27.9 Å². The fourth-order valence-electron chi connectivity index (χ4n) is 5.40. The predicted molar refractivity (Wildman–Crippen MR) is 186 cm³/mol. The molecule has 6 amide bonds. The largest absolute Gasteiger partial charge is 0.370 e. The number of aromatic nitrogens is 3. The third-order valence-electron chi connectivity index (χ3n) is 7.94. The maximum absolute atomic E-state index is 13.9. The monoisotopic (exact) mass is 704 g/mol. The molecule has 0 radical (unpaired) electrons. The highest BCUT2D eigenvalue weighted by Crippen LogP contribution is 2.19. The minimum atomic E-state index is -1.33. The SMILES string of the molecule is NC(=O)N[C@@H](Cc1cnc[nH]1)C(=O)N[C@H](Cc1ccc(F)cc1)C(=O)N[C@@H](CCCN=C(N)N)C(=O)N[C@@H](Cc1c[nH]c2ccccc12)C(N)=O. The minimum absolute atomic E-state index is 0.0236. The lowest BCUT2D eigenvalue weighted by molar-refractivity contribution is -0.133. The van der Waals surface area contributed by atoms with Gasteiger partial charge in [0, 0.05) is 54.8 Å². The minimum Gasteiger partial charge on any atom is -0.370 e. The third kappa shape index (κ3) is 11.3. The molecule has 0 aliphatic carbocycles. The second-order valence-electron chi connectivity index (χ2n) is 11.8. The maximum atomic E-state index is 13.9. The first kappa shape index (κ1) is 37.4. The molecule has 4 atom stereocenters. The number of imidazole rings is 1. The quantitative estimate of drug-likeness (QED) is 0.0350. The number of aromatic amines is 2. The highest BCUT2D eigenvalue weighted by molar-refractivity contribution is 5.95. The van der Waals surface area contributed by atoms with E-state index in [1.165, 1.54) is 36.8 Å². The molecule has 18 heteroatoms. The van der Waals surface area contributed by atoms with E-state index in [1.807, 2.05) is 24.3 Å². The van der Waals surface area contributed by atoms with Crippen molar-refractivity contribution >= 4 is 46.5 Å². The predicted octanol–water partition coefficient (Wildman–Crippen LogP) is -0.912. The Bertz CT molecular complexity index is 1840. The number of primary amides is 2. The van der Waals surface area contributed by atoms with Crippen molar-refractivity contribution in [1.29, 1.82) is 0 Å². The van der Waals surface area contributed by atoms with Gasteiger partial charge in [-0.3, -0.25) is 24.2 Å². The normalized spacial score (nSPS) is 13.3. The number of hydrogen-bond acceptors (Lipinski definition) is 7. The molecular weight excluding hydrogens is 663 g/mol. The number of fused-ring (bicyclic) bond motifs is 1. The molecule has 0 bridgehead atoms. The molecule has 0 spiro atoms. The number of guanidine groups is 1. The molecule has 0 unspecified atom stereocenters. The van der Waals surface area contributed by atoms with Gasteiger partial charge in [-0.1, -0.05) is 30.3 Å². The van der Waals surface area contributed by atoms with E-state index in [9.17, 15) is 28.4 Å². The number of hydrogen-bond donors (Lipinski definition) is 10. The van der Waals surface area contributed by atoms with E-state index in [1.54, 1.807) is 6.20 Å². The Morgan fingerprint density at radius 1 is 0.765 bits per heavy atom. The number of para-hydroxylation sites is 1. The van der Waals surface area contributed by atoms with Gasteiger partial charge in [0.1, 0.15) is 30.0 Å². The fraction of sp³-hybridized carbons (Fsp3) is 0.303. The summed E-state index contributed by atoms with van der Waals surface area (Å²) in [6.07, 6.45) is 4.72. The number of halogens is 1. The lowest BCUT2D eigenvalue weighted by Crippen LogP contribution is -2.59. The summed E-state index contributed by atoms with van der Waals surface area (Å²) in [4.78, 5) is 79.2. The fourth-order valence-corrected chi connectivity index (χ4v) is 5.40. The Morgan fingerprint density at radius 2 is 1.41 bits per heavy atom. The Morgan fingerprint density at radius 3 is 2.06 bits per heavy atom. The summed E-state index contributed by atoms with van der Waals surface area (Å²) >= 11 is 0. The number of carbonyl (C=O) groups is 5. The lowest BCUT2D eigenvalue weighted by atomic mass is 10.0. The number of aliphatic imine (C=N–C) groups is 1. The first-order valence-electron chi connectivity index (χ1n) is 16.0. The summed E-state index contributed by atoms with van der Waals surface area (Å²) in [5, 5.41) is 11.1. The van der Waals surface area contributed by atoms with Crippen LogP contribution in [0.15, 0.2) is 72.2 Å². The standard InChI is InChI=1S/C33H41FN12O5/c34-20-9-7-18(8-10-20)12-26(45-31(50)27(46-33(38)51)14-21-16-39-17-42-21)30(49)43-24(6-3-11-40-32(36)37)29(48)44-25(28(35)47)13-19-15-41-23-5-2-1-4-22(19)23/h1-2,4-5,7-10,15-17,24-27,41H,3,6,11-14H2,(H2,35,47)(H,39,42)(H,43,49)(H,44,48)(H,45,50)(H4,36,37,40)(H3,38,46,51)/t24-,25-,26+,27-/m0/s1. The third-order valence-corrected chi connectivity index (χ3v) is 7.94. The van der Waals surface area contributed by atoms with Crippen molar-refractivity contribution in [3.8, 4) is 0 Å². The molecular formula is C33H41FN12O5. The number of rotatable bonds is 18. The van der Waals surface area contributed by atoms with Crippen molar-refractivity contribution in [2.45, 2.75) is 56.3 Å². The van der Waals surface area contributed by atoms with Crippen molar-refractivity contribution < 1.29 is 28.4 Å². The van der Waals surface area contributed by atoms with E-state index in [0.29, 0.717) is 11.3 Å². The molecule has 0 saturated heterocycles. The molecule has 0 saturated carbocycles. The van der Waals surface area contributed by atoms with Crippen molar-refractivity contribution in [3.05, 3.63) is 89.9 Å². The molecule has 14 N–H and O–H groups in total. The molecule has 0 fully saturated rings. The van der Waals surface area contributed by atoms with Crippen LogP contribution in [-0.4, -0.2) is 81.3 Å². The van der Waals surface area contributed by atoms with Crippen molar-refractivity contribution in [2.75, 3.05) is 6.54 Å². The second kappa shape index (κ2) is 17.8. The van der Waals surface area contributed by atoms with Crippen LogP contribution < -0.4 is 44.2 Å². The van der Waals surface area contributed by atoms with E-state index in [0.717, 1.165) is 16.5 Å². The van der Waals surface area contributed by atoms with Gasteiger partial charge in [-0.15, -0.1) is 0 Å². The van der Waals surface area contributed by atoms with Crippen LogP contribution >= 0.6 is 0 Å². The number of nitrogens with one attached hydrogen (secondary N) is 6. The molecule has 270 valence electrons. The van der Waals surface area contributed by atoms with E-state index in [4.69, 9.17) is 22.9 Å². The Hall–Kier alpha value is -6.46. The van der Waals surface area contributed by atoms with Crippen LogP contribution in [0, 0.1) is 5.82 Å². The molecule has 0 aliphatic rings. The summed E-state index contributed by atoms with van der Waals surface area (Å²) in [7, 11) is 0. The van der Waals surface area contributed by atoms with Gasteiger partial charge in [-0.05, 0) is 42.2 Å². The van der Waals surface area contributed by atoms with E-state index >= 15 is 0 Å².